The zero-order chi connectivity index (χ0) is 5.91. The summed E-state index contributed by atoms with van der Waals surface area (Å²) in [5, 5.41) is 0. The monoisotopic (exact) mass is 164 g/mol. The van der Waals surface area contributed by atoms with E-state index in [4.69, 9.17) is 4.55 Å². The van der Waals surface area contributed by atoms with Gasteiger partial charge in [-0.3, -0.25) is 0 Å². The quantitative estimate of drug-likeness (QED) is 0.328. The van der Waals surface area contributed by atoms with Crippen molar-refractivity contribution < 1.29 is 38.9 Å². The van der Waals surface area contributed by atoms with Crippen LogP contribution in [0.4, 0.5) is 0 Å². The van der Waals surface area contributed by atoms with Crippen LogP contribution < -0.4 is 0 Å². The van der Waals surface area contributed by atoms with Crippen molar-refractivity contribution in [3.63, 3.8) is 0 Å². The van der Waals surface area contributed by atoms with Crippen molar-refractivity contribution >= 4 is 10.4 Å². The van der Waals surface area contributed by atoms with Gasteiger partial charge in [0.15, 0.2) is 0 Å². The summed E-state index contributed by atoms with van der Waals surface area (Å²) in [5.74, 6) is 0. The van der Waals surface area contributed by atoms with Crippen molar-refractivity contribution in [2.75, 3.05) is 0 Å². The van der Waals surface area contributed by atoms with E-state index >= 15 is 0 Å². The van der Waals surface area contributed by atoms with Crippen LogP contribution in [0.5, 0.6) is 0 Å². The second-order valence-electron chi connectivity index (χ2n) is 0.570. The zero-order valence-corrected chi connectivity index (χ0v) is 5.15. The van der Waals surface area contributed by atoms with E-state index in [-0.39, 0.29) is 0 Å². The molecule has 0 radical (unpaired) electrons. The van der Waals surface area contributed by atoms with Crippen molar-refractivity contribution in [3.05, 3.63) is 0 Å². The molecule has 0 aromatic carbocycles. The van der Waals surface area contributed by atoms with Crippen LogP contribution in [0.15, 0.2) is 0 Å². The topological polar surface area (TPSA) is 72.8 Å². The Kier molecular flexibility index (Phi) is 2.81. The van der Waals surface area contributed by atoms with Crippen molar-refractivity contribution in [3.8, 4) is 0 Å². The molecule has 0 atom stereocenters. The van der Waals surface area contributed by atoms with Gasteiger partial charge in [0.25, 0.3) is 0 Å². The van der Waals surface area contributed by atoms with Crippen molar-refractivity contribution in [1.29, 1.82) is 0 Å². The van der Waals surface area contributed by atoms with Gasteiger partial charge in [-0.1, -0.05) is 0 Å². The van der Waals surface area contributed by atoms with Gasteiger partial charge in [0, 0.05) is 0 Å². The first-order chi connectivity index (χ1) is 3.06. The van der Waals surface area contributed by atoms with E-state index in [1.54, 1.807) is 0 Å². The first-order valence-electron chi connectivity index (χ1n) is 1.03. The molecule has 0 bridgehead atoms. The van der Waals surface area contributed by atoms with Crippen molar-refractivity contribution in [2.45, 2.75) is 0 Å². The molecule has 0 rings (SSSR count). The Morgan fingerprint density at radius 2 is 2.00 bits per heavy atom. The Hall–Kier alpha value is 0.414. The Labute approximate surface area is 49.8 Å². The molecule has 1 N–H and O–H groups in total. The molecule has 0 aromatic heterocycles. The fraction of sp³-hybridized carbons (Fsp3) is 0. The number of rotatable bonds is 2. The molecule has 0 saturated carbocycles. The van der Waals surface area contributed by atoms with Gasteiger partial charge in [0.05, 0.1) is 0 Å². The molecule has 0 aliphatic carbocycles. The van der Waals surface area contributed by atoms with E-state index in [0.29, 0.717) is 0 Å². The molecular formula is HO5SV. The third-order valence-corrected chi connectivity index (χ3v) is 0.634. The Morgan fingerprint density at radius 3 is 2.00 bits per heavy atom. The maximum absolute atomic E-state index is 9.43. The minimum absolute atomic E-state index is 1.35. The molecule has 0 aliphatic heterocycles. The Morgan fingerprint density at radius 1 is 1.57 bits per heavy atom. The normalized spacial score (nSPS) is 11.6. The standard InChI is InChI=1S/H2O5S.V/c1-5-6(2,3)4;/h1H,(H,2,3,4);/q;+1/p-1. The van der Waals surface area contributed by atoms with Crippen LogP contribution in [0.1, 0.15) is 0 Å². The van der Waals surface area contributed by atoms with E-state index in [2.05, 4.69) is 8.15 Å². The molecule has 0 unspecified atom stereocenters. The fourth-order valence-electron chi connectivity index (χ4n) is 0.0385. The van der Waals surface area contributed by atoms with Crippen molar-refractivity contribution in [2.24, 2.45) is 0 Å². The summed E-state index contributed by atoms with van der Waals surface area (Å²) >= 11 is 1.35. The zero-order valence-electron chi connectivity index (χ0n) is 2.94. The number of hydrogen-bond acceptors (Lipinski definition) is 4. The first kappa shape index (κ1) is 7.41. The van der Waals surface area contributed by atoms with Crippen LogP contribution in [0.2, 0.25) is 0 Å². The molecule has 7 heavy (non-hydrogen) atoms. The van der Waals surface area contributed by atoms with Crippen LogP contribution in [0.25, 0.3) is 0 Å². The van der Waals surface area contributed by atoms with Crippen LogP contribution in [-0.4, -0.2) is 13.0 Å². The molecule has 0 aliphatic rings. The molecule has 0 heterocycles. The summed E-state index contributed by atoms with van der Waals surface area (Å²) in [6, 6.07) is 0. The van der Waals surface area contributed by atoms with Gasteiger partial charge >= 0.3 is 49.3 Å². The predicted octanol–water partition coefficient (Wildman–Crippen LogP) is -0.801. The second kappa shape index (κ2) is 2.66. The minimum atomic E-state index is -4.41. The molecule has 5 nitrogen and oxygen atoms in total. The first-order valence-corrected chi connectivity index (χ1v) is 2.97. The third-order valence-electron chi connectivity index (χ3n) is 0.116. The molecule has 0 saturated heterocycles. The van der Waals surface area contributed by atoms with Crippen LogP contribution in [0, 0.1) is 0 Å². The summed E-state index contributed by atoms with van der Waals surface area (Å²) in [6.07, 6.45) is 0. The van der Waals surface area contributed by atoms with Gasteiger partial charge in [-0.05, 0) is 0 Å². The molecule has 0 aromatic rings. The van der Waals surface area contributed by atoms with Crippen molar-refractivity contribution in [1.82, 2.24) is 0 Å². The summed E-state index contributed by atoms with van der Waals surface area (Å²) < 4.78 is 33.2. The predicted molar refractivity (Wildman–Crippen MR) is 13.7 cm³/mol. The van der Waals surface area contributed by atoms with Gasteiger partial charge in [0.2, 0.25) is 0 Å². The summed E-state index contributed by atoms with van der Waals surface area (Å²) in [6.45, 7) is 0. The molecule has 0 amide bonds. The van der Waals surface area contributed by atoms with Gasteiger partial charge in [-0.15, -0.1) is 0 Å². The maximum atomic E-state index is 9.43. The van der Waals surface area contributed by atoms with Crippen LogP contribution in [0.3, 0.4) is 0 Å². The average Bonchev–Trinajstić information content (AvgIpc) is 1.30. The van der Waals surface area contributed by atoms with E-state index in [1.165, 1.54) is 17.8 Å². The molecule has 0 spiro atoms. The van der Waals surface area contributed by atoms with Gasteiger partial charge < -0.3 is 0 Å². The van der Waals surface area contributed by atoms with E-state index in [0.717, 1.165) is 0 Å². The second-order valence-corrected chi connectivity index (χ2v) is 1.79. The average molecular weight is 164 g/mol. The van der Waals surface area contributed by atoms with E-state index < -0.39 is 10.4 Å². The summed E-state index contributed by atoms with van der Waals surface area (Å²) in [4.78, 5) is 0. The molecule has 42 valence electrons. The molecule has 0 fully saturated rings. The third kappa shape index (κ3) is 6.41. The SMILES string of the molecule is O=S(=O)(O)O[O][V]. The summed E-state index contributed by atoms with van der Waals surface area (Å²) in [7, 11) is -4.41. The number of hydrogen-bond donors (Lipinski definition) is 1. The van der Waals surface area contributed by atoms with Gasteiger partial charge in [-0.2, -0.15) is 0 Å². The Balaban J connectivity index is 3.60. The van der Waals surface area contributed by atoms with E-state index in [1.807, 2.05) is 0 Å². The summed E-state index contributed by atoms with van der Waals surface area (Å²) in [5.41, 5.74) is 0. The fourth-order valence-corrected chi connectivity index (χ4v) is 0.476. The van der Waals surface area contributed by atoms with Crippen LogP contribution >= 0.6 is 0 Å². The van der Waals surface area contributed by atoms with Gasteiger partial charge in [0.1, 0.15) is 0 Å². The van der Waals surface area contributed by atoms with E-state index in [9.17, 15) is 8.42 Å². The van der Waals surface area contributed by atoms with Gasteiger partial charge in [-0.25, -0.2) is 0 Å². The molecular weight excluding hydrogens is 163 g/mol. The molecule has 7 heteroatoms. The van der Waals surface area contributed by atoms with Crippen LogP contribution in [-0.2, 0) is 36.3 Å². The Bertz CT molecular complexity index is 121.